The third kappa shape index (κ3) is 4.36. The minimum Gasteiger partial charge on any atom is -0.487 e. The van der Waals surface area contributed by atoms with Crippen molar-refractivity contribution in [2.75, 3.05) is 6.54 Å². The molecule has 1 atom stereocenters. The molecule has 3 aromatic rings. The van der Waals surface area contributed by atoms with Gasteiger partial charge in [-0.25, -0.2) is 4.79 Å². The van der Waals surface area contributed by atoms with Crippen molar-refractivity contribution < 1.29 is 14.6 Å². The van der Waals surface area contributed by atoms with Gasteiger partial charge in [-0.15, -0.1) is 0 Å². The zero-order valence-corrected chi connectivity index (χ0v) is 18.1. The van der Waals surface area contributed by atoms with Crippen LogP contribution in [-0.4, -0.2) is 28.7 Å². The first-order chi connectivity index (χ1) is 14.4. The lowest BCUT2D eigenvalue weighted by molar-refractivity contribution is 0.113. The molecule has 30 heavy (non-hydrogen) atoms. The van der Waals surface area contributed by atoms with Crippen molar-refractivity contribution in [1.82, 2.24) is 4.90 Å². The van der Waals surface area contributed by atoms with Gasteiger partial charge in [-0.1, -0.05) is 83.3 Å². The van der Waals surface area contributed by atoms with E-state index in [1.54, 1.807) is 12.1 Å². The van der Waals surface area contributed by atoms with Gasteiger partial charge in [0, 0.05) is 29.1 Å². The van der Waals surface area contributed by atoms with Crippen LogP contribution in [0.25, 0.3) is 11.1 Å². The smallest absolute Gasteiger partial charge is 0.407 e. The lowest BCUT2D eigenvalue weighted by atomic mass is 10.0. The summed E-state index contributed by atoms with van der Waals surface area (Å²) in [5.74, 6) is 0.679. The summed E-state index contributed by atoms with van der Waals surface area (Å²) in [6.07, 6.45) is -0.682. The summed E-state index contributed by atoms with van der Waals surface area (Å²) in [6, 6.07) is 18.6. The molecule has 0 aromatic heterocycles. The second kappa shape index (κ2) is 8.76. The van der Waals surface area contributed by atoms with Crippen LogP contribution in [-0.2, 0) is 13.0 Å². The maximum absolute atomic E-state index is 11.8. The Balaban J connectivity index is 1.58. The fraction of sp³-hybridized carbons (Fsp3) is 0.174. The second-order valence-electron chi connectivity index (χ2n) is 7.13. The number of hydrogen-bond acceptors (Lipinski definition) is 2. The van der Waals surface area contributed by atoms with E-state index >= 15 is 0 Å². The van der Waals surface area contributed by atoms with Crippen molar-refractivity contribution in [3.63, 3.8) is 0 Å². The van der Waals surface area contributed by atoms with Crippen molar-refractivity contribution in [3.8, 4) is 16.9 Å². The van der Waals surface area contributed by atoms with E-state index in [1.165, 1.54) is 4.90 Å². The van der Waals surface area contributed by atoms with Gasteiger partial charge in [0.05, 0.1) is 16.6 Å². The molecule has 1 amide bonds. The summed E-state index contributed by atoms with van der Waals surface area (Å²) in [5, 5.41) is 11.0. The summed E-state index contributed by atoms with van der Waals surface area (Å²) < 4.78 is 6.20. The highest BCUT2D eigenvalue weighted by Crippen LogP contribution is 2.45. The minimum absolute atomic E-state index is 0.250. The fourth-order valence-corrected chi connectivity index (χ4v) is 4.72. The Morgan fingerprint density at radius 2 is 1.73 bits per heavy atom. The molecule has 4 rings (SSSR count). The SMILES string of the molecule is O=C(O)N(Cc1ccccc1)CC1Cc2cccc(-c3c(Cl)cc(Cl)cc3Cl)c2O1. The van der Waals surface area contributed by atoms with Crippen molar-refractivity contribution in [1.29, 1.82) is 0 Å². The lowest BCUT2D eigenvalue weighted by Gasteiger charge is -2.23. The number of para-hydroxylation sites is 1. The largest absolute Gasteiger partial charge is 0.487 e. The predicted molar refractivity (Wildman–Crippen MR) is 120 cm³/mol. The summed E-state index contributed by atoms with van der Waals surface area (Å²) in [7, 11) is 0. The summed E-state index contributed by atoms with van der Waals surface area (Å²) >= 11 is 18.9. The summed E-state index contributed by atoms with van der Waals surface area (Å²) in [4.78, 5) is 13.2. The number of benzene rings is 3. The number of halogens is 3. The monoisotopic (exact) mass is 461 g/mol. The normalized spacial score (nSPS) is 14.8. The Morgan fingerprint density at radius 3 is 2.40 bits per heavy atom. The Hall–Kier alpha value is -2.40. The molecule has 1 heterocycles. The lowest BCUT2D eigenvalue weighted by Crippen LogP contribution is -2.37. The molecular weight excluding hydrogens is 445 g/mol. The molecule has 0 fully saturated rings. The maximum atomic E-state index is 11.8. The van der Waals surface area contributed by atoms with Gasteiger partial charge in [0.25, 0.3) is 0 Å². The zero-order chi connectivity index (χ0) is 21.3. The van der Waals surface area contributed by atoms with Gasteiger partial charge < -0.3 is 14.7 Å². The zero-order valence-electron chi connectivity index (χ0n) is 15.8. The van der Waals surface area contributed by atoms with Crippen molar-refractivity contribution >= 4 is 40.9 Å². The Bertz CT molecular complexity index is 1070. The molecule has 0 radical (unpaired) electrons. The van der Waals surface area contributed by atoms with Crippen LogP contribution in [0.2, 0.25) is 15.1 Å². The predicted octanol–water partition coefficient (Wildman–Crippen LogP) is 6.80. The average molecular weight is 463 g/mol. The van der Waals surface area contributed by atoms with Gasteiger partial charge in [0.2, 0.25) is 0 Å². The standard InChI is InChI=1S/C23H18Cl3NO3/c24-16-10-19(25)21(20(26)11-16)18-8-4-7-15-9-17(30-22(15)18)13-27(23(28)29)12-14-5-2-1-3-6-14/h1-8,10-11,17H,9,12-13H2,(H,28,29). The molecule has 1 aliphatic heterocycles. The van der Waals surface area contributed by atoms with E-state index in [-0.39, 0.29) is 12.6 Å². The number of fused-ring (bicyclic) bond motifs is 1. The summed E-state index contributed by atoms with van der Waals surface area (Å²) in [6.45, 7) is 0.550. The molecule has 1 N–H and O–H groups in total. The molecule has 1 unspecified atom stereocenters. The van der Waals surface area contributed by atoms with Crippen LogP contribution >= 0.6 is 34.8 Å². The topological polar surface area (TPSA) is 49.8 Å². The van der Waals surface area contributed by atoms with Crippen LogP contribution in [0.3, 0.4) is 0 Å². The highest BCUT2D eigenvalue weighted by Gasteiger charge is 2.30. The van der Waals surface area contributed by atoms with E-state index in [9.17, 15) is 9.90 Å². The molecule has 154 valence electrons. The quantitative estimate of drug-likeness (QED) is 0.454. The number of carbonyl (C=O) groups is 1. The third-order valence-electron chi connectivity index (χ3n) is 5.02. The van der Waals surface area contributed by atoms with Crippen LogP contribution in [0.4, 0.5) is 4.79 Å². The van der Waals surface area contributed by atoms with E-state index in [0.717, 1.165) is 16.7 Å². The number of hydrogen-bond donors (Lipinski definition) is 1. The van der Waals surface area contributed by atoms with Crippen LogP contribution in [0.1, 0.15) is 11.1 Å². The van der Waals surface area contributed by atoms with Gasteiger partial charge in [-0.05, 0) is 23.3 Å². The van der Waals surface area contributed by atoms with Crippen molar-refractivity contribution in [2.24, 2.45) is 0 Å². The number of nitrogens with zero attached hydrogens (tertiary/aromatic N) is 1. The maximum Gasteiger partial charge on any atom is 0.407 e. The van der Waals surface area contributed by atoms with Crippen molar-refractivity contribution in [3.05, 3.63) is 86.9 Å². The first kappa shape index (κ1) is 20.9. The molecule has 7 heteroatoms. The van der Waals surface area contributed by atoms with E-state index < -0.39 is 6.09 Å². The fourth-order valence-electron chi connectivity index (χ4n) is 3.70. The first-order valence-electron chi connectivity index (χ1n) is 9.37. The van der Waals surface area contributed by atoms with E-state index in [2.05, 4.69) is 0 Å². The highest BCUT2D eigenvalue weighted by atomic mass is 35.5. The molecule has 0 bridgehead atoms. The van der Waals surface area contributed by atoms with Crippen molar-refractivity contribution in [2.45, 2.75) is 19.1 Å². The van der Waals surface area contributed by atoms with Gasteiger partial charge in [-0.3, -0.25) is 0 Å². The molecule has 4 nitrogen and oxygen atoms in total. The number of carboxylic acid groups (broad SMARTS) is 1. The summed E-state index contributed by atoms with van der Waals surface area (Å²) in [5.41, 5.74) is 3.34. The highest BCUT2D eigenvalue weighted by molar-refractivity contribution is 6.42. The van der Waals surface area contributed by atoms with E-state index in [1.807, 2.05) is 48.5 Å². The number of rotatable bonds is 5. The Labute approximate surface area is 189 Å². The van der Waals surface area contributed by atoms with Crippen LogP contribution < -0.4 is 4.74 Å². The molecule has 0 aliphatic carbocycles. The Kier molecular flexibility index (Phi) is 6.09. The van der Waals surface area contributed by atoms with E-state index in [4.69, 9.17) is 39.5 Å². The van der Waals surface area contributed by atoms with Gasteiger partial charge >= 0.3 is 6.09 Å². The molecule has 3 aromatic carbocycles. The third-order valence-corrected chi connectivity index (χ3v) is 5.83. The molecule has 0 saturated carbocycles. The molecular formula is C23H18Cl3NO3. The van der Waals surface area contributed by atoms with Gasteiger partial charge in [0.1, 0.15) is 11.9 Å². The molecule has 0 saturated heterocycles. The second-order valence-corrected chi connectivity index (χ2v) is 8.38. The van der Waals surface area contributed by atoms with Gasteiger partial charge in [0.15, 0.2) is 0 Å². The molecule has 1 aliphatic rings. The van der Waals surface area contributed by atoms with E-state index in [0.29, 0.717) is 39.3 Å². The van der Waals surface area contributed by atoms with Crippen LogP contribution in [0, 0.1) is 0 Å². The molecule has 0 spiro atoms. The number of ether oxygens (including phenoxy) is 1. The first-order valence-corrected chi connectivity index (χ1v) is 10.5. The van der Waals surface area contributed by atoms with Gasteiger partial charge in [-0.2, -0.15) is 0 Å². The van der Waals surface area contributed by atoms with Crippen LogP contribution in [0.5, 0.6) is 5.75 Å². The number of amides is 1. The van der Waals surface area contributed by atoms with Crippen LogP contribution in [0.15, 0.2) is 60.7 Å². The minimum atomic E-state index is -0.984. The average Bonchev–Trinajstić information content (AvgIpc) is 3.11. The Morgan fingerprint density at radius 1 is 1.03 bits per heavy atom.